The van der Waals surface area contributed by atoms with Crippen LogP contribution in [-0.2, 0) is 4.79 Å². The maximum absolute atomic E-state index is 11.4. The minimum absolute atomic E-state index is 0.0568. The van der Waals surface area contributed by atoms with E-state index in [0.29, 0.717) is 12.6 Å². The molecule has 2 unspecified atom stereocenters. The maximum Gasteiger partial charge on any atom is 0.236 e. The summed E-state index contributed by atoms with van der Waals surface area (Å²) in [6, 6.07) is 0.463. The molecule has 14 heavy (non-hydrogen) atoms. The lowest BCUT2D eigenvalue weighted by atomic mass is 10.1. The minimum Gasteiger partial charge on any atom is -0.355 e. The normalized spacial score (nSPS) is 24.3. The first-order valence-electron chi connectivity index (χ1n) is 5.35. The minimum atomic E-state index is -0.0568. The molecule has 0 spiro atoms. The van der Waals surface area contributed by atoms with Crippen LogP contribution in [0.15, 0.2) is 0 Å². The van der Waals surface area contributed by atoms with E-state index in [1.54, 1.807) is 0 Å². The van der Waals surface area contributed by atoms with Gasteiger partial charge in [0, 0.05) is 18.3 Å². The summed E-state index contributed by atoms with van der Waals surface area (Å²) in [5.41, 5.74) is 0. The topological polar surface area (TPSA) is 41.1 Å². The molecule has 1 aliphatic rings. The summed E-state index contributed by atoms with van der Waals surface area (Å²) in [5.74, 6) is 2.53. The molecule has 82 valence electrons. The first kappa shape index (κ1) is 11.9. The van der Waals surface area contributed by atoms with Gasteiger partial charge in [-0.25, -0.2) is 0 Å². The maximum atomic E-state index is 11.4. The van der Waals surface area contributed by atoms with Crippen LogP contribution in [0.25, 0.3) is 0 Å². The van der Waals surface area contributed by atoms with Crippen LogP contribution < -0.4 is 10.6 Å². The average molecular weight is 216 g/mol. The summed E-state index contributed by atoms with van der Waals surface area (Å²) in [7, 11) is 0. The fourth-order valence-corrected chi connectivity index (χ4v) is 2.71. The van der Waals surface area contributed by atoms with Crippen molar-refractivity contribution in [3.05, 3.63) is 0 Å². The molecule has 1 heterocycles. The van der Waals surface area contributed by atoms with Crippen molar-refractivity contribution in [3.8, 4) is 0 Å². The number of hydrogen-bond donors (Lipinski definition) is 2. The fourth-order valence-electron chi connectivity index (χ4n) is 1.63. The van der Waals surface area contributed by atoms with E-state index in [2.05, 4.69) is 10.6 Å². The Morgan fingerprint density at radius 3 is 3.00 bits per heavy atom. The highest BCUT2D eigenvalue weighted by atomic mass is 32.2. The monoisotopic (exact) mass is 216 g/mol. The number of rotatable bonds is 4. The highest BCUT2D eigenvalue weighted by Crippen LogP contribution is 2.17. The molecule has 0 aliphatic carbocycles. The van der Waals surface area contributed by atoms with Gasteiger partial charge in [0.05, 0.1) is 6.04 Å². The fraction of sp³-hybridized carbons (Fsp3) is 0.900. The number of carbonyl (C=O) groups is 1. The van der Waals surface area contributed by atoms with Crippen LogP contribution in [0.4, 0.5) is 0 Å². The van der Waals surface area contributed by atoms with Crippen LogP contribution in [0.2, 0.25) is 0 Å². The molecular weight excluding hydrogens is 196 g/mol. The van der Waals surface area contributed by atoms with Gasteiger partial charge in [0.1, 0.15) is 0 Å². The molecule has 0 saturated carbocycles. The molecule has 1 rings (SSSR count). The van der Waals surface area contributed by atoms with Crippen LogP contribution in [0, 0.1) is 0 Å². The van der Waals surface area contributed by atoms with Crippen molar-refractivity contribution >= 4 is 17.7 Å². The quantitative estimate of drug-likeness (QED) is 0.736. The van der Waals surface area contributed by atoms with E-state index >= 15 is 0 Å². The van der Waals surface area contributed by atoms with E-state index in [-0.39, 0.29) is 11.9 Å². The third-order valence-electron chi connectivity index (χ3n) is 2.39. The predicted molar refractivity (Wildman–Crippen MR) is 61.6 cm³/mol. The van der Waals surface area contributed by atoms with Gasteiger partial charge in [-0.3, -0.25) is 4.79 Å². The van der Waals surface area contributed by atoms with Crippen molar-refractivity contribution in [1.29, 1.82) is 0 Å². The van der Waals surface area contributed by atoms with Gasteiger partial charge in [-0.05, 0) is 32.4 Å². The van der Waals surface area contributed by atoms with Gasteiger partial charge >= 0.3 is 0 Å². The van der Waals surface area contributed by atoms with E-state index in [9.17, 15) is 4.79 Å². The van der Waals surface area contributed by atoms with E-state index in [1.165, 1.54) is 18.6 Å². The second kappa shape index (κ2) is 6.30. The lowest BCUT2D eigenvalue weighted by molar-refractivity contribution is -0.122. The van der Waals surface area contributed by atoms with Crippen molar-refractivity contribution < 1.29 is 4.79 Å². The molecule has 0 bridgehead atoms. The SMILES string of the molecule is CCNC(=O)C(C)NC1CCCSC1. The molecule has 1 fully saturated rings. The number of thioether (sulfide) groups is 1. The Bertz CT molecular complexity index is 181. The lowest BCUT2D eigenvalue weighted by Gasteiger charge is -2.25. The second-order valence-electron chi connectivity index (χ2n) is 3.70. The second-order valence-corrected chi connectivity index (χ2v) is 4.85. The number of hydrogen-bond acceptors (Lipinski definition) is 3. The van der Waals surface area contributed by atoms with Crippen LogP contribution in [0.3, 0.4) is 0 Å². The summed E-state index contributed by atoms with van der Waals surface area (Å²) in [6.07, 6.45) is 2.47. The highest BCUT2D eigenvalue weighted by molar-refractivity contribution is 7.99. The molecule has 0 aromatic rings. The Hall–Kier alpha value is -0.220. The standard InChI is InChI=1S/C10H20N2OS/c1-3-11-10(13)8(2)12-9-5-4-6-14-7-9/h8-9,12H,3-7H2,1-2H3,(H,11,13). The van der Waals surface area contributed by atoms with Crippen molar-refractivity contribution in [2.45, 2.75) is 38.8 Å². The Kier molecular flexibility index (Phi) is 5.33. The van der Waals surface area contributed by atoms with E-state index in [4.69, 9.17) is 0 Å². The molecule has 1 amide bonds. The summed E-state index contributed by atoms with van der Waals surface area (Å²) in [5, 5.41) is 6.20. The Morgan fingerprint density at radius 2 is 2.43 bits per heavy atom. The van der Waals surface area contributed by atoms with Crippen molar-refractivity contribution in [3.63, 3.8) is 0 Å². The summed E-state index contributed by atoms with van der Waals surface area (Å²) in [6.45, 7) is 4.59. The molecule has 0 aromatic carbocycles. The van der Waals surface area contributed by atoms with Gasteiger partial charge in [0.15, 0.2) is 0 Å². The summed E-state index contributed by atoms with van der Waals surface area (Å²) >= 11 is 1.98. The number of likely N-dealkylation sites (N-methyl/N-ethyl adjacent to an activating group) is 1. The number of nitrogens with one attached hydrogen (secondary N) is 2. The molecular formula is C10H20N2OS. The van der Waals surface area contributed by atoms with Gasteiger partial charge in [-0.15, -0.1) is 0 Å². The van der Waals surface area contributed by atoms with Crippen LogP contribution in [0.5, 0.6) is 0 Å². The lowest BCUT2D eigenvalue weighted by Crippen LogP contribution is -2.48. The van der Waals surface area contributed by atoms with Gasteiger partial charge < -0.3 is 10.6 Å². The number of carbonyl (C=O) groups excluding carboxylic acids is 1. The zero-order valence-corrected chi connectivity index (χ0v) is 9.82. The zero-order chi connectivity index (χ0) is 10.4. The molecule has 0 aromatic heterocycles. The van der Waals surface area contributed by atoms with Crippen LogP contribution in [0.1, 0.15) is 26.7 Å². The smallest absolute Gasteiger partial charge is 0.236 e. The average Bonchev–Trinajstić information content (AvgIpc) is 2.19. The van der Waals surface area contributed by atoms with E-state index in [0.717, 1.165) is 5.75 Å². The Balaban J connectivity index is 2.24. The van der Waals surface area contributed by atoms with Crippen molar-refractivity contribution in [1.82, 2.24) is 10.6 Å². The molecule has 0 radical (unpaired) electrons. The first-order valence-corrected chi connectivity index (χ1v) is 6.51. The molecule has 2 atom stereocenters. The van der Waals surface area contributed by atoms with Crippen LogP contribution in [-0.4, -0.2) is 36.0 Å². The third kappa shape index (κ3) is 3.88. The predicted octanol–water partition coefficient (Wildman–Crippen LogP) is 0.996. The zero-order valence-electron chi connectivity index (χ0n) is 9.01. The highest BCUT2D eigenvalue weighted by Gasteiger charge is 2.19. The molecule has 3 nitrogen and oxygen atoms in total. The summed E-state index contributed by atoms with van der Waals surface area (Å²) < 4.78 is 0. The van der Waals surface area contributed by atoms with Gasteiger partial charge in [-0.2, -0.15) is 11.8 Å². The van der Waals surface area contributed by atoms with E-state index < -0.39 is 0 Å². The molecule has 2 N–H and O–H groups in total. The summed E-state index contributed by atoms with van der Waals surface area (Å²) in [4.78, 5) is 11.4. The third-order valence-corrected chi connectivity index (χ3v) is 3.61. The van der Waals surface area contributed by atoms with Gasteiger partial charge in [0.25, 0.3) is 0 Å². The Labute approximate surface area is 90.4 Å². The molecule has 1 saturated heterocycles. The van der Waals surface area contributed by atoms with Crippen LogP contribution >= 0.6 is 11.8 Å². The largest absolute Gasteiger partial charge is 0.355 e. The van der Waals surface area contributed by atoms with Gasteiger partial charge in [0.2, 0.25) is 5.91 Å². The first-order chi connectivity index (χ1) is 6.74. The van der Waals surface area contributed by atoms with Gasteiger partial charge in [-0.1, -0.05) is 0 Å². The van der Waals surface area contributed by atoms with E-state index in [1.807, 2.05) is 25.6 Å². The molecule has 1 aliphatic heterocycles. The van der Waals surface area contributed by atoms with Crippen molar-refractivity contribution in [2.24, 2.45) is 0 Å². The Morgan fingerprint density at radius 1 is 1.64 bits per heavy atom. The molecule has 4 heteroatoms. The number of amides is 1. The van der Waals surface area contributed by atoms with Crippen molar-refractivity contribution in [2.75, 3.05) is 18.1 Å².